The Morgan fingerprint density at radius 2 is 1.88 bits per heavy atom. The molecular formula is C14H21N4O13P3. The Labute approximate surface area is 190 Å². The van der Waals surface area contributed by atoms with Crippen LogP contribution in [0.1, 0.15) is 13.2 Å². The van der Waals surface area contributed by atoms with Gasteiger partial charge in [-0.2, -0.15) is 8.62 Å². The van der Waals surface area contributed by atoms with Crippen LogP contribution in [0.25, 0.3) is 11.0 Å². The van der Waals surface area contributed by atoms with Gasteiger partial charge in [-0.1, -0.05) is 6.58 Å². The summed E-state index contributed by atoms with van der Waals surface area (Å²) in [6.45, 7) is 4.05. The average Bonchev–Trinajstić information content (AvgIpc) is 3.19. The SMILES string of the molecule is C=C(C)[C@@]1(O)[C@H](O)[C@@H](COP(=O)(O)OP(=O)(O)OP(=O)(O)O)O[C@H]1n1ccc2c(N)ncnc21. The Morgan fingerprint density at radius 3 is 2.47 bits per heavy atom. The first kappa shape index (κ1) is 27.0. The molecule has 8 N–H and O–H groups in total. The number of phosphoric ester groups is 1. The van der Waals surface area contributed by atoms with Gasteiger partial charge in [0.25, 0.3) is 0 Å². The molecule has 0 saturated carbocycles. The number of anilines is 1. The van der Waals surface area contributed by atoms with Crippen LogP contribution in [0.3, 0.4) is 0 Å². The lowest BCUT2D eigenvalue weighted by Gasteiger charge is -2.32. The average molecular weight is 546 g/mol. The monoisotopic (exact) mass is 546 g/mol. The van der Waals surface area contributed by atoms with E-state index in [0.717, 1.165) is 6.33 Å². The Bertz CT molecular complexity index is 1250. The van der Waals surface area contributed by atoms with Crippen LogP contribution in [0.15, 0.2) is 30.7 Å². The molecule has 34 heavy (non-hydrogen) atoms. The van der Waals surface area contributed by atoms with Crippen molar-refractivity contribution < 1.29 is 61.4 Å². The van der Waals surface area contributed by atoms with Gasteiger partial charge in [-0.15, -0.1) is 0 Å². The highest BCUT2D eigenvalue weighted by Crippen LogP contribution is 2.66. The Hall–Kier alpha value is -1.55. The molecule has 190 valence electrons. The van der Waals surface area contributed by atoms with Gasteiger partial charge >= 0.3 is 23.5 Å². The fraction of sp³-hybridized carbons (Fsp3) is 0.429. The van der Waals surface area contributed by atoms with E-state index in [1.807, 2.05) is 0 Å². The first-order valence-corrected chi connectivity index (χ1v) is 13.6. The topological polar surface area (TPSA) is 266 Å². The normalized spacial score (nSPS) is 29.1. The lowest BCUT2D eigenvalue weighted by atomic mass is 9.87. The van der Waals surface area contributed by atoms with E-state index < -0.39 is 54.1 Å². The molecule has 0 aromatic carbocycles. The minimum Gasteiger partial charge on any atom is -0.387 e. The molecule has 1 aliphatic rings. The molecule has 0 bridgehead atoms. The van der Waals surface area contributed by atoms with Gasteiger partial charge in [-0.25, -0.2) is 23.7 Å². The van der Waals surface area contributed by atoms with Crippen LogP contribution < -0.4 is 5.73 Å². The number of fused-ring (bicyclic) bond motifs is 1. The van der Waals surface area contributed by atoms with Crippen LogP contribution in [0.4, 0.5) is 5.82 Å². The van der Waals surface area contributed by atoms with E-state index in [0.29, 0.717) is 5.39 Å². The van der Waals surface area contributed by atoms with Crippen molar-refractivity contribution in [3.8, 4) is 0 Å². The molecule has 2 aromatic heterocycles. The van der Waals surface area contributed by atoms with Crippen LogP contribution in [0, 0.1) is 0 Å². The van der Waals surface area contributed by atoms with Gasteiger partial charge in [0.15, 0.2) is 11.8 Å². The number of rotatable bonds is 9. The van der Waals surface area contributed by atoms with Crippen LogP contribution in [-0.2, 0) is 31.6 Å². The van der Waals surface area contributed by atoms with E-state index >= 15 is 0 Å². The third-order valence-corrected chi connectivity index (χ3v) is 8.58. The van der Waals surface area contributed by atoms with Gasteiger partial charge in [-0.05, 0) is 18.6 Å². The van der Waals surface area contributed by atoms with Gasteiger partial charge in [0.2, 0.25) is 0 Å². The summed E-state index contributed by atoms with van der Waals surface area (Å²) >= 11 is 0. The molecule has 0 radical (unpaired) electrons. The molecule has 3 heterocycles. The van der Waals surface area contributed by atoms with Crippen molar-refractivity contribution in [1.82, 2.24) is 14.5 Å². The smallest absolute Gasteiger partial charge is 0.387 e. The molecule has 0 amide bonds. The fourth-order valence-electron chi connectivity index (χ4n) is 3.30. The highest BCUT2D eigenvalue weighted by atomic mass is 31.3. The highest BCUT2D eigenvalue weighted by Gasteiger charge is 2.57. The van der Waals surface area contributed by atoms with Gasteiger partial charge < -0.3 is 44.8 Å². The van der Waals surface area contributed by atoms with Crippen LogP contribution in [0.5, 0.6) is 0 Å². The summed E-state index contributed by atoms with van der Waals surface area (Å²) in [7, 11) is -16.8. The number of nitrogens with two attached hydrogens (primary N) is 1. The minimum atomic E-state index is -5.74. The van der Waals surface area contributed by atoms with E-state index in [1.165, 1.54) is 23.8 Å². The summed E-state index contributed by atoms with van der Waals surface area (Å²) < 4.78 is 52.9. The molecule has 3 rings (SSSR count). The van der Waals surface area contributed by atoms with Gasteiger partial charge in [0.1, 0.15) is 30.0 Å². The second kappa shape index (κ2) is 9.15. The molecule has 0 aliphatic carbocycles. The second-order valence-corrected chi connectivity index (χ2v) is 11.6. The molecule has 1 saturated heterocycles. The van der Waals surface area contributed by atoms with Crippen molar-refractivity contribution in [3.63, 3.8) is 0 Å². The second-order valence-electron chi connectivity index (χ2n) is 7.18. The standard InChI is InChI=1S/C14H21N4O13P3/c1-7(2)14(20)10(19)9(5-28-33(24,25)31-34(26,27)30-32(21,22)23)29-13(14)18-4-3-8-11(15)16-6-17-12(8)18/h3-4,6,9-10,13,19-20H,1,5H2,2H3,(H,24,25)(H,26,27)(H2,15,16,17)(H2,21,22,23)/t9-,10-,13-,14-/m1/s1. The van der Waals surface area contributed by atoms with Crippen LogP contribution >= 0.6 is 23.5 Å². The number of nitrogen functional groups attached to an aromatic ring is 1. The Kier molecular flexibility index (Phi) is 7.28. The number of aliphatic hydroxyl groups is 2. The minimum absolute atomic E-state index is 0.0368. The molecule has 17 nitrogen and oxygen atoms in total. The molecule has 2 unspecified atom stereocenters. The van der Waals surface area contributed by atoms with Gasteiger partial charge in [0.05, 0.1) is 12.0 Å². The summed E-state index contributed by atoms with van der Waals surface area (Å²) in [4.78, 5) is 43.9. The maximum Gasteiger partial charge on any atom is 0.490 e. The zero-order valence-corrected chi connectivity index (χ0v) is 19.9. The zero-order chi connectivity index (χ0) is 25.7. The van der Waals surface area contributed by atoms with Gasteiger partial charge in [0, 0.05) is 6.20 Å². The number of nitrogens with zero attached hydrogens (tertiary/aromatic N) is 3. The third kappa shape index (κ3) is 5.48. The highest BCUT2D eigenvalue weighted by molar-refractivity contribution is 7.66. The van der Waals surface area contributed by atoms with E-state index in [-0.39, 0.29) is 17.0 Å². The fourth-order valence-corrected chi connectivity index (χ4v) is 6.33. The zero-order valence-electron chi connectivity index (χ0n) is 17.2. The number of aliphatic hydroxyl groups excluding tert-OH is 1. The predicted molar refractivity (Wildman–Crippen MR) is 111 cm³/mol. The molecule has 1 aliphatic heterocycles. The van der Waals surface area contributed by atoms with Crippen molar-refractivity contribution in [1.29, 1.82) is 0 Å². The third-order valence-electron chi connectivity index (χ3n) is 4.78. The maximum atomic E-state index is 12.0. The van der Waals surface area contributed by atoms with Crippen molar-refractivity contribution in [3.05, 3.63) is 30.7 Å². The Balaban J connectivity index is 1.83. The lowest BCUT2D eigenvalue weighted by molar-refractivity contribution is -0.0829. The molecule has 6 atom stereocenters. The van der Waals surface area contributed by atoms with Crippen molar-refractivity contribution in [2.24, 2.45) is 0 Å². The first-order valence-electron chi connectivity index (χ1n) is 9.04. The molecule has 0 spiro atoms. The summed E-state index contributed by atoms with van der Waals surface area (Å²) in [5, 5.41) is 22.4. The van der Waals surface area contributed by atoms with Crippen LogP contribution in [-0.4, -0.2) is 68.7 Å². The number of hydrogen-bond acceptors (Lipinski definition) is 12. The molecule has 20 heteroatoms. The van der Waals surface area contributed by atoms with E-state index in [4.69, 9.17) is 20.3 Å². The molecule has 1 fully saturated rings. The number of phosphoric acid groups is 3. The maximum absolute atomic E-state index is 12.0. The molecular weight excluding hydrogens is 525 g/mol. The van der Waals surface area contributed by atoms with E-state index in [9.17, 15) is 33.7 Å². The Morgan fingerprint density at radius 1 is 1.24 bits per heavy atom. The lowest BCUT2D eigenvalue weighted by Crippen LogP contribution is -2.47. The number of aromatic nitrogens is 3. The van der Waals surface area contributed by atoms with E-state index in [2.05, 4.69) is 29.7 Å². The van der Waals surface area contributed by atoms with Crippen molar-refractivity contribution >= 4 is 40.3 Å². The summed E-state index contributed by atoms with van der Waals surface area (Å²) in [5.74, 6) is 0.130. The van der Waals surface area contributed by atoms with Crippen LogP contribution in [0.2, 0.25) is 0 Å². The number of ether oxygens (including phenoxy) is 1. The quantitative estimate of drug-likeness (QED) is 0.160. The largest absolute Gasteiger partial charge is 0.490 e. The summed E-state index contributed by atoms with van der Waals surface area (Å²) in [6, 6.07) is 1.53. The van der Waals surface area contributed by atoms with Gasteiger partial charge in [-0.3, -0.25) is 4.52 Å². The molecule has 2 aromatic rings. The predicted octanol–water partition coefficient (Wildman–Crippen LogP) is -0.0777. The summed E-state index contributed by atoms with van der Waals surface area (Å²) in [6.07, 6.45) is -2.13. The summed E-state index contributed by atoms with van der Waals surface area (Å²) in [5.41, 5.74) is 3.89. The first-order chi connectivity index (χ1) is 15.5. The number of hydrogen-bond donors (Lipinski definition) is 7. The van der Waals surface area contributed by atoms with Crippen molar-refractivity contribution in [2.75, 3.05) is 12.3 Å². The van der Waals surface area contributed by atoms with E-state index in [1.54, 1.807) is 0 Å². The van der Waals surface area contributed by atoms with Crippen molar-refractivity contribution in [2.45, 2.75) is 31.0 Å².